The summed E-state index contributed by atoms with van der Waals surface area (Å²) < 4.78 is 1.86. The number of rotatable bonds is 5. The molecule has 4 nitrogen and oxygen atoms in total. The summed E-state index contributed by atoms with van der Waals surface area (Å²) >= 11 is 1.56. The summed E-state index contributed by atoms with van der Waals surface area (Å²) in [6.45, 7) is 2.42. The zero-order valence-corrected chi connectivity index (χ0v) is 14.1. The molecule has 0 saturated carbocycles. The fraction of sp³-hybridized carbons (Fsp3) is 0.389. The molecule has 0 unspecified atom stereocenters. The zero-order valence-electron chi connectivity index (χ0n) is 13.3. The summed E-state index contributed by atoms with van der Waals surface area (Å²) in [5, 5.41) is 13.0. The predicted molar refractivity (Wildman–Crippen MR) is 90.3 cm³/mol. The SMILES string of the molecule is CCCc1cc[n+](CC(=O)Nc2sc3c(c2C#N)CCC3)cc1. The van der Waals surface area contributed by atoms with Crippen LogP contribution in [0, 0.1) is 11.3 Å². The van der Waals surface area contributed by atoms with Crippen molar-refractivity contribution >= 4 is 22.2 Å². The maximum absolute atomic E-state index is 12.3. The van der Waals surface area contributed by atoms with Crippen LogP contribution in [0.15, 0.2) is 24.5 Å². The highest BCUT2D eigenvalue weighted by Gasteiger charge is 2.23. The molecule has 2 aromatic rings. The highest BCUT2D eigenvalue weighted by atomic mass is 32.1. The third-order valence-corrected chi connectivity index (χ3v) is 5.32. The molecule has 0 aromatic carbocycles. The minimum absolute atomic E-state index is 0.0883. The van der Waals surface area contributed by atoms with E-state index in [0.29, 0.717) is 10.6 Å². The standard InChI is InChI=1S/C18H19N3OS/c1-2-4-13-7-9-21(10-8-13)12-17(22)20-18-15(11-19)14-5-3-6-16(14)23-18/h7-10H,2-6,12H2,1H3/p+1. The monoisotopic (exact) mass is 326 g/mol. The minimum Gasteiger partial charge on any atom is -0.311 e. The number of aryl methyl sites for hydroxylation is 2. The molecule has 3 rings (SSSR count). The van der Waals surface area contributed by atoms with Gasteiger partial charge in [0.25, 0.3) is 5.91 Å². The first-order chi connectivity index (χ1) is 11.2. The molecule has 5 heteroatoms. The Labute approximate surface area is 140 Å². The average Bonchev–Trinajstić information content (AvgIpc) is 3.10. The van der Waals surface area contributed by atoms with E-state index in [1.165, 1.54) is 10.4 Å². The number of amides is 1. The first-order valence-corrected chi connectivity index (χ1v) is 8.85. The molecule has 0 saturated heterocycles. The minimum atomic E-state index is -0.0883. The Bertz CT molecular complexity index is 756. The second-order valence-corrected chi connectivity index (χ2v) is 6.96. The van der Waals surface area contributed by atoms with Crippen LogP contribution in [0.4, 0.5) is 5.00 Å². The topological polar surface area (TPSA) is 56.8 Å². The molecule has 23 heavy (non-hydrogen) atoms. The van der Waals surface area contributed by atoms with Gasteiger partial charge >= 0.3 is 0 Å². The number of nitrogens with one attached hydrogen (secondary N) is 1. The quantitative estimate of drug-likeness (QED) is 0.859. The van der Waals surface area contributed by atoms with Crippen molar-refractivity contribution in [3.63, 3.8) is 0 Å². The number of carbonyl (C=O) groups is 1. The van der Waals surface area contributed by atoms with Gasteiger partial charge in [0, 0.05) is 17.0 Å². The number of anilines is 1. The van der Waals surface area contributed by atoms with Gasteiger partial charge in [-0.25, -0.2) is 0 Å². The van der Waals surface area contributed by atoms with Crippen LogP contribution in [0.3, 0.4) is 0 Å². The molecule has 2 heterocycles. The van der Waals surface area contributed by atoms with Gasteiger partial charge in [-0.1, -0.05) is 13.3 Å². The maximum atomic E-state index is 12.3. The van der Waals surface area contributed by atoms with E-state index in [2.05, 4.69) is 30.4 Å². The largest absolute Gasteiger partial charge is 0.311 e. The van der Waals surface area contributed by atoms with Gasteiger partial charge in [0.15, 0.2) is 12.4 Å². The first kappa shape index (κ1) is 15.7. The van der Waals surface area contributed by atoms with Gasteiger partial charge in [-0.05, 0) is 36.8 Å². The van der Waals surface area contributed by atoms with Crippen molar-refractivity contribution < 1.29 is 9.36 Å². The molecule has 0 spiro atoms. The molecule has 0 aliphatic heterocycles. The normalized spacial score (nSPS) is 12.7. The lowest BCUT2D eigenvalue weighted by Gasteiger charge is -2.02. The van der Waals surface area contributed by atoms with Gasteiger partial charge in [0.2, 0.25) is 6.54 Å². The molecular formula is C18H20N3OS+. The smallest absolute Gasteiger partial charge is 0.290 e. The number of carbonyl (C=O) groups excluding carboxylic acids is 1. The van der Waals surface area contributed by atoms with Crippen molar-refractivity contribution in [3.05, 3.63) is 46.1 Å². The van der Waals surface area contributed by atoms with E-state index in [1.807, 2.05) is 17.0 Å². The van der Waals surface area contributed by atoms with E-state index in [4.69, 9.17) is 0 Å². The number of thiophene rings is 1. The first-order valence-electron chi connectivity index (χ1n) is 8.03. The summed E-state index contributed by atoms with van der Waals surface area (Å²) in [5.41, 5.74) is 3.09. The number of fused-ring (bicyclic) bond motifs is 1. The molecule has 0 fully saturated rings. The third-order valence-electron chi connectivity index (χ3n) is 4.11. The fourth-order valence-corrected chi connectivity index (χ4v) is 4.25. The summed E-state index contributed by atoms with van der Waals surface area (Å²) in [4.78, 5) is 13.5. The number of pyridine rings is 1. The van der Waals surface area contributed by atoms with Gasteiger partial charge < -0.3 is 5.32 Å². The summed E-state index contributed by atoms with van der Waals surface area (Å²) in [5.74, 6) is -0.0883. The van der Waals surface area contributed by atoms with Crippen LogP contribution >= 0.6 is 11.3 Å². The van der Waals surface area contributed by atoms with Crippen molar-refractivity contribution in [1.82, 2.24) is 0 Å². The van der Waals surface area contributed by atoms with E-state index in [1.54, 1.807) is 11.3 Å². The molecule has 1 aliphatic carbocycles. The van der Waals surface area contributed by atoms with Gasteiger partial charge in [-0.2, -0.15) is 9.83 Å². The molecule has 2 aromatic heterocycles. The lowest BCUT2D eigenvalue weighted by atomic mass is 10.1. The third kappa shape index (κ3) is 3.43. The Morgan fingerprint density at radius 1 is 1.39 bits per heavy atom. The fourth-order valence-electron chi connectivity index (χ4n) is 2.99. The number of nitriles is 1. The second kappa shape index (κ2) is 6.93. The Morgan fingerprint density at radius 2 is 2.17 bits per heavy atom. The second-order valence-electron chi connectivity index (χ2n) is 5.85. The van der Waals surface area contributed by atoms with Crippen LogP contribution in [-0.4, -0.2) is 5.91 Å². The van der Waals surface area contributed by atoms with Crippen LogP contribution in [0.1, 0.15) is 41.3 Å². The number of nitrogens with zero attached hydrogens (tertiary/aromatic N) is 2. The van der Waals surface area contributed by atoms with E-state index in [9.17, 15) is 10.1 Å². The Kier molecular flexibility index (Phi) is 4.73. The molecule has 0 atom stereocenters. The molecule has 1 amide bonds. The van der Waals surface area contributed by atoms with Gasteiger partial charge in [-0.3, -0.25) is 4.79 Å². The van der Waals surface area contributed by atoms with Crippen molar-refractivity contribution in [1.29, 1.82) is 5.26 Å². The van der Waals surface area contributed by atoms with Gasteiger partial charge in [0.05, 0.1) is 5.56 Å². The molecular weight excluding hydrogens is 306 g/mol. The van der Waals surface area contributed by atoms with Crippen LogP contribution in [0.2, 0.25) is 0 Å². The van der Waals surface area contributed by atoms with Gasteiger partial charge in [0.1, 0.15) is 11.1 Å². The Balaban J connectivity index is 1.67. The number of hydrogen-bond donors (Lipinski definition) is 1. The average molecular weight is 326 g/mol. The van der Waals surface area contributed by atoms with Crippen molar-refractivity contribution in [3.8, 4) is 6.07 Å². The highest BCUT2D eigenvalue weighted by molar-refractivity contribution is 7.16. The molecule has 0 radical (unpaired) electrons. The van der Waals surface area contributed by atoms with E-state index < -0.39 is 0 Å². The van der Waals surface area contributed by atoms with Crippen molar-refractivity contribution in [2.75, 3.05) is 5.32 Å². The predicted octanol–water partition coefficient (Wildman–Crippen LogP) is 2.99. The Morgan fingerprint density at radius 3 is 2.87 bits per heavy atom. The van der Waals surface area contributed by atoms with Crippen LogP contribution in [-0.2, 0) is 30.6 Å². The van der Waals surface area contributed by atoms with Crippen LogP contribution < -0.4 is 9.88 Å². The summed E-state index contributed by atoms with van der Waals surface area (Å²) in [6.07, 6.45) is 9.14. The molecule has 118 valence electrons. The van der Waals surface area contributed by atoms with E-state index in [-0.39, 0.29) is 12.5 Å². The Hall–Kier alpha value is -2.19. The molecule has 0 bridgehead atoms. The molecule has 1 N–H and O–H groups in total. The van der Waals surface area contributed by atoms with Crippen molar-refractivity contribution in [2.24, 2.45) is 0 Å². The highest BCUT2D eigenvalue weighted by Crippen LogP contribution is 2.38. The van der Waals surface area contributed by atoms with E-state index in [0.717, 1.165) is 37.7 Å². The summed E-state index contributed by atoms with van der Waals surface area (Å²) in [6, 6.07) is 6.36. The zero-order chi connectivity index (χ0) is 16.2. The lowest BCUT2D eigenvalue weighted by Crippen LogP contribution is -2.39. The number of aromatic nitrogens is 1. The maximum Gasteiger partial charge on any atom is 0.290 e. The van der Waals surface area contributed by atoms with E-state index >= 15 is 0 Å². The van der Waals surface area contributed by atoms with Crippen LogP contribution in [0.5, 0.6) is 0 Å². The summed E-state index contributed by atoms with van der Waals surface area (Å²) in [7, 11) is 0. The lowest BCUT2D eigenvalue weighted by molar-refractivity contribution is -0.684. The molecule has 1 aliphatic rings. The number of hydrogen-bond acceptors (Lipinski definition) is 3. The van der Waals surface area contributed by atoms with Gasteiger partial charge in [-0.15, -0.1) is 11.3 Å². The van der Waals surface area contributed by atoms with Crippen molar-refractivity contribution in [2.45, 2.75) is 45.6 Å². The van der Waals surface area contributed by atoms with Crippen LogP contribution in [0.25, 0.3) is 0 Å².